The minimum atomic E-state index is 0.957. The van der Waals surface area contributed by atoms with Gasteiger partial charge in [-0.1, -0.05) is 51.0 Å². The smallest absolute Gasteiger partial charge is 0.139 e. The second-order valence-corrected chi connectivity index (χ2v) is 8.60. The van der Waals surface area contributed by atoms with Gasteiger partial charge < -0.3 is 8.83 Å². The zero-order valence-electron chi connectivity index (χ0n) is 17.7. The van der Waals surface area contributed by atoms with E-state index in [1.165, 1.54) is 56.6 Å². The Balaban J connectivity index is 1.85. The van der Waals surface area contributed by atoms with Gasteiger partial charge >= 0.3 is 0 Å². The van der Waals surface area contributed by atoms with Gasteiger partial charge in [0.25, 0.3) is 0 Å². The molecule has 2 nitrogen and oxygen atoms in total. The van der Waals surface area contributed by atoms with Crippen molar-refractivity contribution in [3.8, 4) is 11.1 Å². The van der Waals surface area contributed by atoms with Crippen molar-refractivity contribution in [1.29, 1.82) is 0 Å². The number of hydrogen-bond acceptors (Lipinski definition) is 2. The Bertz CT molecular complexity index is 1350. The van der Waals surface area contributed by atoms with Crippen LogP contribution in [-0.2, 0) is 12.8 Å². The van der Waals surface area contributed by atoms with Gasteiger partial charge in [0.15, 0.2) is 0 Å². The van der Waals surface area contributed by atoms with Crippen LogP contribution in [0.3, 0.4) is 0 Å². The highest BCUT2D eigenvalue weighted by Crippen LogP contribution is 2.50. The van der Waals surface area contributed by atoms with E-state index < -0.39 is 0 Å². The monoisotopic (exact) mass is 394 g/mol. The highest BCUT2D eigenvalue weighted by atomic mass is 16.3. The molecule has 0 atom stereocenters. The van der Waals surface area contributed by atoms with Crippen molar-refractivity contribution in [3.63, 3.8) is 0 Å². The van der Waals surface area contributed by atoms with Crippen molar-refractivity contribution in [2.45, 2.75) is 52.4 Å². The summed E-state index contributed by atoms with van der Waals surface area (Å²) in [5.74, 6) is 0. The molecule has 0 radical (unpaired) electrons. The molecule has 2 aliphatic rings. The topological polar surface area (TPSA) is 26.3 Å². The molecule has 30 heavy (non-hydrogen) atoms. The first-order valence-electron chi connectivity index (χ1n) is 11.3. The molecule has 0 aliphatic carbocycles. The van der Waals surface area contributed by atoms with Crippen LogP contribution in [0.2, 0.25) is 0 Å². The molecule has 4 aromatic rings. The molecule has 0 unspecified atom stereocenters. The van der Waals surface area contributed by atoms with Crippen LogP contribution in [0.1, 0.15) is 50.7 Å². The summed E-state index contributed by atoms with van der Waals surface area (Å²) < 4.78 is 13.3. The highest BCUT2D eigenvalue weighted by Gasteiger charge is 2.27. The average molecular weight is 395 g/mol. The van der Waals surface area contributed by atoms with E-state index in [-0.39, 0.29) is 0 Å². The SMILES string of the molecule is CCCCc1cc2cccc3oc4c(CCCC)cc5cccc6oc1c(c23)-c4c56. The molecule has 2 heterocycles. The van der Waals surface area contributed by atoms with Gasteiger partial charge in [-0.05, 0) is 71.8 Å². The molecule has 6 rings (SSSR count). The number of unbranched alkanes of at least 4 members (excludes halogenated alkanes) is 2. The highest BCUT2D eigenvalue weighted by molar-refractivity contribution is 6.24. The van der Waals surface area contributed by atoms with E-state index in [0.717, 1.165) is 48.0 Å². The van der Waals surface area contributed by atoms with E-state index in [9.17, 15) is 0 Å². The van der Waals surface area contributed by atoms with Crippen LogP contribution in [0.15, 0.2) is 57.4 Å². The summed E-state index contributed by atoms with van der Waals surface area (Å²) in [7, 11) is 0. The van der Waals surface area contributed by atoms with Crippen LogP contribution >= 0.6 is 0 Å². The average Bonchev–Trinajstić information content (AvgIpc) is 2.78. The normalized spacial score (nSPS) is 12.5. The number of rotatable bonds is 6. The van der Waals surface area contributed by atoms with Crippen LogP contribution in [0.5, 0.6) is 0 Å². The minimum absolute atomic E-state index is 0.957. The van der Waals surface area contributed by atoms with E-state index in [4.69, 9.17) is 8.83 Å². The maximum atomic E-state index is 6.63. The molecule has 0 saturated carbocycles. The van der Waals surface area contributed by atoms with Crippen LogP contribution < -0.4 is 0 Å². The van der Waals surface area contributed by atoms with Gasteiger partial charge in [0, 0.05) is 21.9 Å². The Morgan fingerprint density at radius 2 is 1.10 bits per heavy atom. The predicted molar refractivity (Wildman–Crippen MR) is 126 cm³/mol. The van der Waals surface area contributed by atoms with E-state index in [1.54, 1.807) is 0 Å². The van der Waals surface area contributed by atoms with Crippen molar-refractivity contribution < 1.29 is 8.83 Å². The van der Waals surface area contributed by atoms with Crippen LogP contribution in [0, 0.1) is 0 Å². The first-order valence-corrected chi connectivity index (χ1v) is 11.3. The first-order chi connectivity index (χ1) is 14.8. The van der Waals surface area contributed by atoms with E-state index in [2.05, 4.69) is 62.4 Å². The van der Waals surface area contributed by atoms with Crippen LogP contribution in [-0.4, -0.2) is 0 Å². The second kappa shape index (κ2) is 6.77. The maximum absolute atomic E-state index is 6.63. The largest absolute Gasteiger partial charge is 0.456 e. The number of hydrogen-bond donors (Lipinski definition) is 0. The third kappa shape index (κ3) is 2.43. The van der Waals surface area contributed by atoms with Gasteiger partial charge in [0.1, 0.15) is 22.3 Å². The zero-order valence-corrected chi connectivity index (χ0v) is 17.7. The van der Waals surface area contributed by atoms with Crippen molar-refractivity contribution >= 4 is 43.9 Å². The summed E-state index contributed by atoms with van der Waals surface area (Å²) in [6, 6.07) is 17.5. The van der Waals surface area contributed by atoms with Gasteiger partial charge in [0.05, 0.1) is 0 Å². The quantitative estimate of drug-likeness (QED) is 0.208. The van der Waals surface area contributed by atoms with Crippen LogP contribution in [0.4, 0.5) is 0 Å². The Kier molecular flexibility index (Phi) is 4.02. The van der Waals surface area contributed by atoms with Gasteiger partial charge in [-0.3, -0.25) is 0 Å². The van der Waals surface area contributed by atoms with E-state index >= 15 is 0 Å². The predicted octanol–water partition coefficient (Wildman–Crippen LogP) is 8.71. The molecule has 0 saturated heterocycles. The third-order valence-corrected chi connectivity index (χ3v) is 6.59. The molecule has 0 bridgehead atoms. The molecular weight excluding hydrogens is 368 g/mol. The fourth-order valence-electron chi connectivity index (χ4n) is 5.13. The standard InChI is InChI=1S/C28H26O2/c1-3-5-9-19-15-17-11-7-14-22-23(17)25-26-24-18(12-8-13-21(24)29-27(19)25)16-20(10-6-4-2)28(26)30-22/h7-8,11-16H,3-6,9-10H2,1-2H3. The summed E-state index contributed by atoms with van der Waals surface area (Å²) in [6.07, 6.45) is 6.76. The Labute approximate surface area is 176 Å². The Hall–Kier alpha value is -3.00. The van der Waals surface area contributed by atoms with Gasteiger partial charge in [0.2, 0.25) is 0 Å². The Morgan fingerprint density at radius 1 is 0.633 bits per heavy atom. The first kappa shape index (κ1) is 17.8. The van der Waals surface area contributed by atoms with Crippen molar-refractivity contribution in [2.24, 2.45) is 0 Å². The van der Waals surface area contributed by atoms with Crippen molar-refractivity contribution in [1.82, 2.24) is 0 Å². The van der Waals surface area contributed by atoms with Crippen molar-refractivity contribution in [2.75, 3.05) is 0 Å². The lowest BCUT2D eigenvalue weighted by Gasteiger charge is -2.23. The molecular formula is C28H26O2. The molecule has 2 aliphatic heterocycles. The summed E-state index contributed by atoms with van der Waals surface area (Å²) >= 11 is 0. The number of aryl methyl sites for hydroxylation is 2. The maximum Gasteiger partial charge on any atom is 0.139 e. The molecule has 0 spiro atoms. The van der Waals surface area contributed by atoms with Gasteiger partial charge in [-0.25, -0.2) is 0 Å². The fourth-order valence-corrected chi connectivity index (χ4v) is 5.13. The zero-order chi connectivity index (χ0) is 20.2. The molecule has 150 valence electrons. The van der Waals surface area contributed by atoms with E-state index in [0.29, 0.717) is 0 Å². The fraction of sp³-hybridized carbons (Fsp3) is 0.286. The number of benzene rings is 4. The summed E-state index contributed by atoms with van der Waals surface area (Å²) in [6.45, 7) is 4.50. The van der Waals surface area contributed by atoms with Gasteiger partial charge in [-0.15, -0.1) is 0 Å². The molecule has 0 aromatic heterocycles. The lowest BCUT2D eigenvalue weighted by molar-refractivity contribution is 0.636. The molecule has 0 N–H and O–H groups in total. The second-order valence-electron chi connectivity index (χ2n) is 8.60. The lowest BCUT2D eigenvalue weighted by Crippen LogP contribution is -2.00. The van der Waals surface area contributed by atoms with Crippen LogP contribution in [0.25, 0.3) is 55.0 Å². The summed E-state index contributed by atoms with van der Waals surface area (Å²) in [5, 5.41) is 4.89. The molecule has 0 amide bonds. The molecule has 0 fully saturated rings. The molecule has 4 aromatic carbocycles. The van der Waals surface area contributed by atoms with E-state index in [1.807, 2.05) is 0 Å². The Morgan fingerprint density at radius 3 is 1.53 bits per heavy atom. The summed E-state index contributed by atoms with van der Waals surface area (Å²) in [4.78, 5) is 0. The van der Waals surface area contributed by atoms with Gasteiger partial charge in [-0.2, -0.15) is 0 Å². The lowest BCUT2D eigenvalue weighted by atomic mass is 9.86. The minimum Gasteiger partial charge on any atom is -0.456 e. The third-order valence-electron chi connectivity index (χ3n) is 6.59. The summed E-state index contributed by atoms with van der Waals surface area (Å²) in [5.41, 5.74) is 9.12. The molecule has 2 heteroatoms. The van der Waals surface area contributed by atoms with Crippen molar-refractivity contribution in [3.05, 3.63) is 59.7 Å².